The van der Waals surface area contributed by atoms with Gasteiger partial charge < -0.3 is 25.8 Å². The molecule has 11 nitrogen and oxygen atoms in total. The van der Waals surface area contributed by atoms with Crippen molar-refractivity contribution in [1.29, 1.82) is 0 Å². The fraction of sp³-hybridized carbons (Fsp3) is 0.267. The van der Waals surface area contributed by atoms with Crippen LogP contribution in [0.25, 0.3) is 0 Å². The Kier molecular flexibility index (Phi) is 6.02. The molecular formula is C15H18N4O7S. The van der Waals surface area contributed by atoms with Crippen LogP contribution in [0.15, 0.2) is 40.4 Å². The van der Waals surface area contributed by atoms with E-state index in [0.717, 1.165) is 0 Å². The lowest BCUT2D eigenvalue weighted by molar-refractivity contribution is -0.136. The zero-order chi connectivity index (χ0) is 20.2. The number of nitrogens with zero attached hydrogens (tertiary/aromatic N) is 1. The van der Waals surface area contributed by atoms with E-state index >= 15 is 0 Å². The monoisotopic (exact) mass is 398 g/mol. The van der Waals surface area contributed by atoms with E-state index in [1.165, 1.54) is 36.3 Å². The predicted octanol–water partition coefficient (Wildman–Crippen LogP) is -1.28. The first-order valence-corrected chi connectivity index (χ1v) is 9.09. The molecule has 3 amide bonds. The van der Waals surface area contributed by atoms with Crippen molar-refractivity contribution in [2.75, 3.05) is 32.1 Å². The molecule has 0 saturated carbocycles. The summed E-state index contributed by atoms with van der Waals surface area (Å²) < 4.78 is 30.0. The zero-order valence-corrected chi connectivity index (χ0v) is 15.1. The highest BCUT2D eigenvalue weighted by molar-refractivity contribution is 7.90. The molecule has 1 aliphatic heterocycles. The van der Waals surface area contributed by atoms with E-state index in [4.69, 9.17) is 10.8 Å². The van der Waals surface area contributed by atoms with Gasteiger partial charge in [0.05, 0.1) is 30.7 Å². The van der Waals surface area contributed by atoms with Gasteiger partial charge in [-0.05, 0) is 24.3 Å². The van der Waals surface area contributed by atoms with Crippen LogP contribution in [0.1, 0.15) is 0 Å². The Hall–Kier alpha value is -3.12. The highest BCUT2D eigenvalue weighted by Gasteiger charge is 2.34. The smallest absolute Gasteiger partial charge is 0.337 e. The molecule has 27 heavy (non-hydrogen) atoms. The van der Waals surface area contributed by atoms with Crippen LogP contribution in [0.5, 0.6) is 0 Å². The van der Waals surface area contributed by atoms with Gasteiger partial charge in [0, 0.05) is 12.2 Å². The molecule has 2 rings (SSSR count). The lowest BCUT2D eigenvalue weighted by Gasteiger charge is -2.15. The molecule has 1 aromatic rings. The van der Waals surface area contributed by atoms with Crippen LogP contribution in [0.2, 0.25) is 0 Å². The molecule has 0 bridgehead atoms. The van der Waals surface area contributed by atoms with Gasteiger partial charge in [0.25, 0.3) is 15.9 Å². The molecule has 0 unspecified atom stereocenters. The van der Waals surface area contributed by atoms with Crippen molar-refractivity contribution in [1.82, 2.24) is 9.62 Å². The summed E-state index contributed by atoms with van der Waals surface area (Å²) in [5, 5.41) is 11.8. The molecule has 0 saturated heterocycles. The van der Waals surface area contributed by atoms with Crippen LogP contribution in [-0.4, -0.2) is 63.1 Å². The predicted molar refractivity (Wildman–Crippen MR) is 92.7 cm³/mol. The minimum Gasteiger partial charge on any atom is -0.466 e. The van der Waals surface area contributed by atoms with E-state index in [2.05, 4.69) is 10.1 Å². The number of hydrogen-bond acceptors (Lipinski definition) is 8. The van der Waals surface area contributed by atoms with Gasteiger partial charge in [0.1, 0.15) is 5.70 Å². The molecule has 12 heteroatoms. The van der Waals surface area contributed by atoms with E-state index in [9.17, 15) is 22.8 Å². The number of nitrogens with one attached hydrogen (secondary N) is 2. The summed E-state index contributed by atoms with van der Waals surface area (Å²) in [5.41, 5.74) is 5.20. The quantitative estimate of drug-likeness (QED) is 0.412. The number of β-amino-alcohol motifs (C(OH)–C–C–N with tert-alkyl or cyclic N) is 1. The molecule has 0 radical (unpaired) electrons. The first-order valence-electron chi connectivity index (χ1n) is 7.60. The summed E-state index contributed by atoms with van der Waals surface area (Å²) in [4.78, 5) is 36.1. The van der Waals surface area contributed by atoms with E-state index in [1.54, 1.807) is 4.72 Å². The second-order valence-corrected chi connectivity index (χ2v) is 7.10. The van der Waals surface area contributed by atoms with Crippen molar-refractivity contribution in [3.8, 4) is 0 Å². The van der Waals surface area contributed by atoms with Crippen LogP contribution in [0.3, 0.4) is 0 Å². The maximum Gasteiger partial charge on any atom is 0.337 e. The number of ether oxygens (including phenoxy) is 1. The molecule has 0 aliphatic carbocycles. The number of carbonyl (C=O) groups is 3. The molecule has 0 aromatic heterocycles. The van der Waals surface area contributed by atoms with Crippen molar-refractivity contribution in [3.63, 3.8) is 0 Å². The van der Waals surface area contributed by atoms with Gasteiger partial charge in [-0.15, -0.1) is 0 Å². The number of sulfonamides is 1. The lowest BCUT2D eigenvalue weighted by atomic mass is 10.2. The summed E-state index contributed by atoms with van der Waals surface area (Å²) in [6, 6.07) is 3.86. The van der Waals surface area contributed by atoms with Gasteiger partial charge in [0.15, 0.2) is 0 Å². The zero-order valence-electron chi connectivity index (χ0n) is 14.3. The van der Waals surface area contributed by atoms with Gasteiger partial charge in [-0.1, -0.05) is 0 Å². The summed E-state index contributed by atoms with van der Waals surface area (Å²) in [7, 11) is -2.92. The minimum atomic E-state index is -4.10. The number of primary amides is 1. The SMILES string of the molecule is COC(=O)C1=C(Nc2ccc(S(=O)(=O)NC(N)=O)cc2)C(=O)N(CCO)C1. The number of benzene rings is 1. The van der Waals surface area contributed by atoms with E-state index in [-0.39, 0.29) is 35.9 Å². The van der Waals surface area contributed by atoms with Crippen molar-refractivity contribution in [2.45, 2.75) is 4.90 Å². The largest absolute Gasteiger partial charge is 0.466 e. The molecule has 0 spiro atoms. The number of anilines is 1. The highest BCUT2D eigenvalue weighted by atomic mass is 32.2. The summed E-state index contributed by atoms with van der Waals surface area (Å²) in [6.45, 7) is -0.253. The molecule has 5 N–H and O–H groups in total. The van der Waals surface area contributed by atoms with Crippen LogP contribution in [-0.2, 0) is 24.3 Å². The molecule has 146 valence electrons. The number of amides is 3. The molecule has 0 atom stereocenters. The second-order valence-electron chi connectivity index (χ2n) is 5.41. The molecular weight excluding hydrogens is 380 g/mol. The number of urea groups is 1. The number of carbonyl (C=O) groups excluding carboxylic acids is 3. The number of methoxy groups -OCH3 is 1. The fourth-order valence-electron chi connectivity index (χ4n) is 2.40. The van der Waals surface area contributed by atoms with Crippen LogP contribution >= 0.6 is 0 Å². The Morgan fingerprint density at radius 1 is 1.30 bits per heavy atom. The van der Waals surface area contributed by atoms with Crippen molar-refractivity contribution in [2.24, 2.45) is 5.73 Å². The number of rotatable bonds is 7. The summed E-state index contributed by atoms with van der Waals surface area (Å²) in [6.07, 6.45) is 0. The fourth-order valence-corrected chi connectivity index (χ4v) is 3.28. The van der Waals surface area contributed by atoms with Gasteiger partial charge in [0.2, 0.25) is 0 Å². The van der Waals surface area contributed by atoms with Crippen LogP contribution in [0.4, 0.5) is 10.5 Å². The molecule has 1 aromatic carbocycles. The lowest BCUT2D eigenvalue weighted by Crippen LogP contribution is -2.34. The first-order chi connectivity index (χ1) is 12.7. The Morgan fingerprint density at radius 2 is 1.93 bits per heavy atom. The van der Waals surface area contributed by atoms with Crippen LogP contribution < -0.4 is 15.8 Å². The van der Waals surface area contributed by atoms with Crippen LogP contribution in [0, 0.1) is 0 Å². The summed E-state index contributed by atoms with van der Waals surface area (Å²) >= 11 is 0. The second kappa shape index (κ2) is 8.05. The third-order valence-corrected chi connectivity index (χ3v) is 4.99. The molecule has 1 heterocycles. The maximum absolute atomic E-state index is 12.4. The van der Waals surface area contributed by atoms with Crippen molar-refractivity contribution in [3.05, 3.63) is 35.5 Å². The summed E-state index contributed by atoms with van der Waals surface area (Å²) in [5.74, 6) is -1.20. The number of nitrogens with two attached hydrogens (primary N) is 1. The number of aliphatic hydroxyl groups excluding tert-OH is 1. The van der Waals surface area contributed by atoms with Gasteiger partial charge >= 0.3 is 12.0 Å². The first kappa shape index (κ1) is 20.2. The average molecular weight is 398 g/mol. The van der Waals surface area contributed by atoms with Crippen molar-refractivity contribution < 1.29 is 32.6 Å². The van der Waals surface area contributed by atoms with Gasteiger partial charge in [-0.25, -0.2) is 22.7 Å². The van der Waals surface area contributed by atoms with Crippen molar-refractivity contribution >= 4 is 33.6 Å². The average Bonchev–Trinajstić information content (AvgIpc) is 2.90. The van der Waals surface area contributed by atoms with Gasteiger partial charge in [-0.3, -0.25) is 4.79 Å². The van der Waals surface area contributed by atoms with E-state index in [1.807, 2.05) is 0 Å². The third kappa shape index (κ3) is 4.54. The maximum atomic E-state index is 12.4. The number of esters is 1. The Labute approximate surface area is 154 Å². The Bertz CT molecular complexity index is 893. The van der Waals surface area contributed by atoms with E-state index < -0.39 is 27.9 Å². The standard InChI is InChI=1S/C15H18N4O7S/c1-26-14(22)11-8-19(6-7-20)13(21)12(11)17-9-2-4-10(5-3-9)27(24,25)18-15(16)23/h2-5,17,20H,6-8H2,1H3,(H3,16,18,23). The number of aliphatic hydroxyl groups is 1. The Morgan fingerprint density at radius 3 is 2.44 bits per heavy atom. The normalized spacial score (nSPS) is 14.3. The highest BCUT2D eigenvalue weighted by Crippen LogP contribution is 2.23. The Balaban J connectivity index is 2.27. The molecule has 0 fully saturated rings. The molecule has 1 aliphatic rings. The van der Waals surface area contributed by atoms with E-state index in [0.29, 0.717) is 5.69 Å². The number of hydrogen-bond donors (Lipinski definition) is 4. The topological polar surface area (TPSA) is 168 Å². The third-order valence-electron chi connectivity index (χ3n) is 3.62. The van der Waals surface area contributed by atoms with Gasteiger partial charge in [-0.2, -0.15) is 0 Å². The minimum absolute atomic E-state index is 0.0244.